The van der Waals surface area contributed by atoms with Crippen LogP contribution in [0.25, 0.3) is 0 Å². The van der Waals surface area contributed by atoms with Gasteiger partial charge in [-0.3, -0.25) is 0 Å². The molecule has 0 aliphatic carbocycles. The van der Waals surface area contributed by atoms with Crippen LogP contribution >= 0.6 is 0 Å². The van der Waals surface area contributed by atoms with Gasteiger partial charge in [0.15, 0.2) is 0 Å². The third-order valence-electron chi connectivity index (χ3n) is 4.92. The Morgan fingerprint density at radius 3 is 1.92 bits per heavy atom. The van der Waals surface area contributed by atoms with Crippen LogP contribution in [-0.4, -0.2) is 33.4 Å². The van der Waals surface area contributed by atoms with Crippen molar-refractivity contribution in [3.8, 4) is 5.75 Å². The Labute approximate surface area is 159 Å². The van der Waals surface area contributed by atoms with Gasteiger partial charge in [-0.2, -0.15) is 0 Å². The van der Waals surface area contributed by atoms with E-state index in [1.54, 1.807) is 7.11 Å². The fourth-order valence-electron chi connectivity index (χ4n) is 3.39. The van der Waals surface area contributed by atoms with Gasteiger partial charge in [0.05, 0.1) is 0 Å². The van der Waals surface area contributed by atoms with Gasteiger partial charge in [-0.15, -0.1) is 0 Å². The summed E-state index contributed by atoms with van der Waals surface area (Å²) in [7, 11) is 1.77. The summed E-state index contributed by atoms with van der Waals surface area (Å²) in [6.07, 6.45) is 11.9. The third-order valence-corrected chi connectivity index (χ3v) is 10.9. The molecule has 2 radical (unpaired) electrons. The summed E-state index contributed by atoms with van der Waals surface area (Å²) in [5.41, 5.74) is 1.11. The first-order valence-electron chi connectivity index (χ1n) is 9.71. The fraction of sp³-hybridized carbons (Fsp3) is 0.714. The second kappa shape index (κ2) is 12.2. The number of unbranched alkanes of at least 4 members (excludes halogenated alkanes) is 3. The van der Waals surface area contributed by atoms with Crippen molar-refractivity contribution in [2.45, 2.75) is 88.6 Å². The predicted octanol–water partition coefficient (Wildman–Crippen LogP) is 5.25. The zero-order chi connectivity index (χ0) is 17.8. The first kappa shape index (κ1) is 21.8. The number of aliphatic hydroxyl groups excluding tert-OH is 1. The molecule has 24 heavy (non-hydrogen) atoms. The normalized spacial score (nSPS) is 11.7. The van der Waals surface area contributed by atoms with Crippen LogP contribution in [0.5, 0.6) is 5.75 Å². The Balaban J connectivity index is 3.17. The van der Waals surface area contributed by atoms with E-state index in [0.29, 0.717) is 3.43 Å². The van der Waals surface area contributed by atoms with E-state index in [-0.39, 0.29) is 6.61 Å². The number of aliphatic hydroxyl groups is 1. The quantitative estimate of drug-likeness (QED) is 0.426. The number of benzene rings is 1. The molecular formula is C21H36O2Sn. The zero-order valence-electron chi connectivity index (χ0n) is 16.2. The molecule has 136 valence electrons. The number of hydrogen-bond acceptors (Lipinski definition) is 2. The monoisotopic (exact) mass is 440 g/mol. The Morgan fingerprint density at radius 1 is 0.958 bits per heavy atom. The molecule has 1 N–H and O–H groups in total. The molecule has 0 unspecified atom stereocenters. The molecule has 0 aromatic heterocycles. The summed E-state index contributed by atoms with van der Waals surface area (Å²) < 4.78 is 7.59. The molecule has 0 atom stereocenters. The van der Waals surface area contributed by atoms with Gasteiger partial charge in [0.1, 0.15) is 0 Å². The molecule has 0 heterocycles. The molecule has 3 heteroatoms. The molecule has 0 amide bonds. The first-order valence-corrected chi connectivity index (χ1v) is 12.6. The fourth-order valence-corrected chi connectivity index (χ4v) is 9.29. The van der Waals surface area contributed by atoms with Crippen LogP contribution in [0, 0.1) is 0 Å². The molecule has 0 aliphatic heterocycles. The van der Waals surface area contributed by atoms with Gasteiger partial charge >= 0.3 is 160 Å². The summed E-state index contributed by atoms with van der Waals surface area (Å²) >= 11 is -0.881. The van der Waals surface area contributed by atoms with E-state index in [2.05, 4.69) is 32.9 Å². The zero-order valence-corrected chi connectivity index (χ0v) is 19.0. The molecular weight excluding hydrogens is 403 g/mol. The van der Waals surface area contributed by atoms with Gasteiger partial charge in [0, 0.05) is 0 Å². The summed E-state index contributed by atoms with van der Waals surface area (Å²) in [5.74, 6) is 1.02. The van der Waals surface area contributed by atoms with Crippen molar-refractivity contribution in [2.75, 3.05) is 7.11 Å². The van der Waals surface area contributed by atoms with Gasteiger partial charge in [0.25, 0.3) is 0 Å². The van der Waals surface area contributed by atoms with E-state index in [1.807, 2.05) is 6.07 Å². The molecule has 0 fully saturated rings. The minimum absolute atomic E-state index is 0.138. The molecule has 0 saturated heterocycles. The van der Waals surface area contributed by atoms with Crippen molar-refractivity contribution in [2.24, 2.45) is 0 Å². The van der Waals surface area contributed by atoms with E-state index in [4.69, 9.17) is 4.74 Å². The Morgan fingerprint density at radius 2 is 1.50 bits per heavy atom. The summed E-state index contributed by atoms with van der Waals surface area (Å²) in [5, 5.41) is 9.84. The van der Waals surface area contributed by atoms with E-state index in [9.17, 15) is 5.11 Å². The average molecular weight is 439 g/mol. The summed E-state index contributed by atoms with van der Waals surface area (Å²) in [4.78, 5) is 0. The van der Waals surface area contributed by atoms with Crippen LogP contribution in [0.1, 0.15) is 84.1 Å². The topological polar surface area (TPSA) is 29.5 Å². The second-order valence-electron chi connectivity index (χ2n) is 6.87. The van der Waals surface area contributed by atoms with Crippen molar-refractivity contribution in [3.63, 3.8) is 0 Å². The van der Waals surface area contributed by atoms with Crippen molar-refractivity contribution < 1.29 is 9.84 Å². The van der Waals surface area contributed by atoms with Crippen LogP contribution in [-0.2, 0) is 6.61 Å². The molecule has 0 saturated carbocycles. The summed E-state index contributed by atoms with van der Waals surface area (Å²) in [6, 6.07) is 6.18. The van der Waals surface area contributed by atoms with Crippen LogP contribution in [0.3, 0.4) is 0 Å². The minimum atomic E-state index is -0.881. The van der Waals surface area contributed by atoms with Crippen molar-refractivity contribution in [1.82, 2.24) is 0 Å². The average Bonchev–Trinajstić information content (AvgIpc) is 2.62. The van der Waals surface area contributed by atoms with Gasteiger partial charge in [-0.05, 0) is 0 Å². The van der Waals surface area contributed by atoms with Crippen LogP contribution < -0.4 is 8.32 Å². The van der Waals surface area contributed by atoms with Crippen LogP contribution in [0.15, 0.2) is 18.2 Å². The van der Waals surface area contributed by atoms with Crippen molar-refractivity contribution >= 4 is 24.7 Å². The van der Waals surface area contributed by atoms with E-state index in [0.717, 1.165) is 11.3 Å². The van der Waals surface area contributed by atoms with Crippen molar-refractivity contribution in [1.29, 1.82) is 0 Å². The Hall–Kier alpha value is -0.221. The first-order chi connectivity index (χ1) is 11.7. The van der Waals surface area contributed by atoms with E-state index in [1.165, 1.54) is 61.4 Å². The standard InChI is InChI=1S/C13H27.C8H9O2.Sn/c1-4-7-10-13(11-8-5-2)12-9-6-3;1-10-8-4-2-3-7(5-8)6-9;/h4-12H2,1-3H3;2-4,9H,6H2,1H3;. The van der Waals surface area contributed by atoms with Gasteiger partial charge in [-0.1, -0.05) is 0 Å². The number of rotatable bonds is 13. The van der Waals surface area contributed by atoms with Gasteiger partial charge in [-0.25, -0.2) is 0 Å². The molecule has 1 aromatic carbocycles. The van der Waals surface area contributed by atoms with Crippen molar-refractivity contribution in [3.05, 3.63) is 23.8 Å². The van der Waals surface area contributed by atoms with Gasteiger partial charge in [0.2, 0.25) is 0 Å². The van der Waals surface area contributed by atoms with Gasteiger partial charge < -0.3 is 0 Å². The second-order valence-corrected chi connectivity index (χ2v) is 12.0. The summed E-state index contributed by atoms with van der Waals surface area (Å²) in [6.45, 7) is 7.05. The number of ether oxygens (including phenoxy) is 1. The molecule has 1 rings (SSSR count). The Bertz CT molecular complexity index is 415. The Kier molecular flexibility index (Phi) is 11.1. The molecule has 0 aliphatic rings. The maximum absolute atomic E-state index is 9.84. The molecule has 0 spiro atoms. The van der Waals surface area contributed by atoms with Crippen LogP contribution in [0.2, 0.25) is 3.43 Å². The molecule has 0 bridgehead atoms. The SMILES string of the molecule is CCCC[C](CCCC)(CCCC)[Sn][c]1c(CO)cccc1OC. The predicted molar refractivity (Wildman–Crippen MR) is 106 cm³/mol. The third kappa shape index (κ3) is 6.59. The molecule has 1 aromatic rings. The van der Waals surface area contributed by atoms with E-state index < -0.39 is 21.1 Å². The number of hydrogen-bond donors (Lipinski definition) is 1. The van der Waals surface area contributed by atoms with E-state index >= 15 is 0 Å². The number of methoxy groups -OCH3 is 1. The van der Waals surface area contributed by atoms with Crippen LogP contribution in [0.4, 0.5) is 0 Å². The maximum atomic E-state index is 9.84. The molecule has 2 nitrogen and oxygen atoms in total.